The molecule has 0 aromatic rings. The standard InChI is InChI=1S/C14H21ClN4O3/c1-3-8-18-12(16)11(17-10(20)6-5-7-15)13(21)19(9-4-2)14(18)22/h16H,3-9H2,1-2H3/p+1. The number of nitrogens with zero attached hydrogens (tertiary/aromatic N) is 3. The van der Waals surface area contributed by atoms with E-state index in [1.54, 1.807) is 0 Å². The Hall–Kier alpha value is -1.76. The molecule has 122 valence electrons. The summed E-state index contributed by atoms with van der Waals surface area (Å²) >= 11 is 5.53. The van der Waals surface area contributed by atoms with Crippen molar-refractivity contribution in [2.24, 2.45) is 10.7 Å². The fraction of sp³-hybridized carbons (Fsp3) is 0.643. The van der Waals surface area contributed by atoms with Crippen molar-refractivity contribution in [2.45, 2.75) is 39.5 Å². The van der Waals surface area contributed by atoms with E-state index in [9.17, 15) is 14.4 Å². The van der Waals surface area contributed by atoms with Crippen LogP contribution in [0.15, 0.2) is 4.99 Å². The quantitative estimate of drug-likeness (QED) is 0.559. The van der Waals surface area contributed by atoms with E-state index >= 15 is 0 Å². The topological polar surface area (TPSA) is 95.8 Å². The van der Waals surface area contributed by atoms with Crippen LogP contribution in [0.2, 0.25) is 0 Å². The summed E-state index contributed by atoms with van der Waals surface area (Å²) in [6.07, 6.45) is 1.91. The Labute approximate surface area is 134 Å². The molecule has 1 aliphatic rings. The molecular formula is C14H22ClN4O3+. The van der Waals surface area contributed by atoms with Crippen molar-refractivity contribution in [3.63, 3.8) is 0 Å². The highest BCUT2D eigenvalue weighted by Crippen LogP contribution is 2.08. The third-order valence-electron chi connectivity index (χ3n) is 3.10. The molecule has 0 spiro atoms. The largest absolute Gasteiger partial charge is 0.446 e. The number of amides is 4. The molecule has 0 aromatic heterocycles. The van der Waals surface area contributed by atoms with Gasteiger partial charge in [0.25, 0.3) is 5.84 Å². The summed E-state index contributed by atoms with van der Waals surface area (Å²) in [5.41, 5.74) is 5.74. The van der Waals surface area contributed by atoms with E-state index in [1.807, 2.05) is 13.8 Å². The molecule has 0 fully saturated rings. The number of imide groups is 1. The number of carbonyl (C=O) groups excluding carboxylic acids is 3. The number of urea groups is 1. The van der Waals surface area contributed by atoms with Gasteiger partial charge in [0.15, 0.2) is 0 Å². The normalized spacial score (nSPS) is 17.6. The minimum Gasteiger partial charge on any atom is -0.316 e. The number of hydrogen-bond donors (Lipinski definition) is 1. The maximum absolute atomic E-state index is 12.4. The van der Waals surface area contributed by atoms with Crippen LogP contribution in [0.5, 0.6) is 0 Å². The maximum Gasteiger partial charge on any atom is 0.446 e. The van der Waals surface area contributed by atoms with Crippen LogP contribution in [0.25, 0.3) is 0 Å². The number of aliphatic imine (C=N–C) groups is 1. The lowest BCUT2D eigenvalue weighted by Crippen LogP contribution is -2.58. The van der Waals surface area contributed by atoms with Crippen molar-refractivity contribution in [3.8, 4) is 0 Å². The zero-order valence-electron chi connectivity index (χ0n) is 13.0. The van der Waals surface area contributed by atoms with Gasteiger partial charge in [-0.3, -0.25) is 4.79 Å². The number of hydrogen-bond acceptors (Lipinski definition) is 4. The van der Waals surface area contributed by atoms with Crippen molar-refractivity contribution in [2.75, 3.05) is 19.0 Å². The fourth-order valence-corrected chi connectivity index (χ4v) is 2.20. The van der Waals surface area contributed by atoms with Gasteiger partial charge in [-0.15, -0.1) is 11.6 Å². The van der Waals surface area contributed by atoms with E-state index in [0.717, 1.165) is 4.90 Å². The number of carbonyl (C=O) groups is 3. The summed E-state index contributed by atoms with van der Waals surface area (Å²) in [4.78, 5) is 41.3. The van der Waals surface area contributed by atoms with Crippen molar-refractivity contribution < 1.29 is 19.0 Å². The maximum atomic E-state index is 12.4. The van der Waals surface area contributed by atoms with Gasteiger partial charge in [-0.2, -0.15) is 14.5 Å². The van der Waals surface area contributed by atoms with Gasteiger partial charge in [-0.25, -0.2) is 9.59 Å². The lowest BCUT2D eigenvalue weighted by atomic mass is 10.2. The number of halogens is 1. The van der Waals surface area contributed by atoms with E-state index in [0.29, 0.717) is 31.7 Å². The van der Waals surface area contributed by atoms with Crippen molar-refractivity contribution in [1.29, 1.82) is 0 Å². The molecule has 1 aliphatic heterocycles. The Morgan fingerprint density at radius 3 is 2.55 bits per heavy atom. The van der Waals surface area contributed by atoms with Crippen molar-refractivity contribution >= 4 is 41.0 Å². The predicted octanol–water partition coefficient (Wildman–Crippen LogP) is 1.12. The average molecular weight is 330 g/mol. The Bertz CT molecular complexity index is 528. The molecule has 1 rings (SSSR count). The molecule has 0 radical (unpaired) electrons. The highest BCUT2D eigenvalue weighted by molar-refractivity contribution is 6.67. The van der Waals surface area contributed by atoms with Gasteiger partial charge in [0.1, 0.15) is 0 Å². The molecule has 0 aromatic carbocycles. The van der Waals surface area contributed by atoms with Crippen molar-refractivity contribution in [3.05, 3.63) is 0 Å². The van der Waals surface area contributed by atoms with Crippen LogP contribution >= 0.6 is 11.6 Å². The summed E-state index contributed by atoms with van der Waals surface area (Å²) < 4.78 is 1.30. The van der Waals surface area contributed by atoms with Crippen LogP contribution in [-0.2, 0) is 9.59 Å². The van der Waals surface area contributed by atoms with Gasteiger partial charge in [-0.1, -0.05) is 13.8 Å². The number of rotatable bonds is 7. The second-order valence-corrected chi connectivity index (χ2v) is 5.30. The van der Waals surface area contributed by atoms with E-state index < -0.39 is 17.8 Å². The van der Waals surface area contributed by atoms with Crippen LogP contribution in [0.4, 0.5) is 4.79 Å². The minimum atomic E-state index is -0.615. The molecule has 0 atom stereocenters. The van der Waals surface area contributed by atoms with E-state index in [2.05, 4.69) is 4.99 Å². The molecule has 8 heteroatoms. The Morgan fingerprint density at radius 2 is 2.00 bits per heavy atom. The molecular weight excluding hydrogens is 308 g/mol. The second-order valence-electron chi connectivity index (χ2n) is 4.92. The fourth-order valence-electron chi connectivity index (χ4n) is 2.07. The molecule has 0 bridgehead atoms. The predicted molar refractivity (Wildman–Crippen MR) is 84.4 cm³/mol. The molecule has 0 aliphatic carbocycles. The number of amidine groups is 1. The first-order chi connectivity index (χ1) is 10.5. The summed E-state index contributed by atoms with van der Waals surface area (Å²) in [6.45, 7) is 4.38. The monoisotopic (exact) mass is 329 g/mol. The summed E-state index contributed by atoms with van der Waals surface area (Å²) in [5, 5.41) is 0. The van der Waals surface area contributed by atoms with E-state index in [1.165, 1.54) is 4.58 Å². The Kier molecular flexibility index (Phi) is 7.17. The van der Waals surface area contributed by atoms with Crippen LogP contribution < -0.4 is 5.73 Å². The highest BCUT2D eigenvalue weighted by Gasteiger charge is 2.42. The molecule has 22 heavy (non-hydrogen) atoms. The Morgan fingerprint density at radius 1 is 1.32 bits per heavy atom. The van der Waals surface area contributed by atoms with Gasteiger partial charge in [0.2, 0.25) is 11.6 Å². The zero-order valence-corrected chi connectivity index (χ0v) is 13.7. The van der Waals surface area contributed by atoms with Gasteiger partial charge >= 0.3 is 11.9 Å². The molecule has 4 amide bonds. The first-order valence-electron chi connectivity index (χ1n) is 7.41. The average Bonchev–Trinajstić information content (AvgIpc) is 2.50. The van der Waals surface area contributed by atoms with E-state index in [4.69, 9.17) is 17.3 Å². The number of nitrogens with two attached hydrogens (primary N) is 1. The molecule has 0 unspecified atom stereocenters. The smallest absolute Gasteiger partial charge is 0.316 e. The van der Waals surface area contributed by atoms with Crippen LogP contribution in [0, 0.1) is 0 Å². The molecule has 0 saturated heterocycles. The van der Waals surface area contributed by atoms with Crippen LogP contribution in [0.1, 0.15) is 39.5 Å². The third-order valence-corrected chi connectivity index (χ3v) is 3.37. The first-order valence-corrected chi connectivity index (χ1v) is 7.94. The summed E-state index contributed by atoms with van der Waals surface area (Å²) in [6, 6.07) is -0.460. The second kappa shape index (κ2) is 8.63. The highest BCUT2D eigenvalue weighted by atomic mass is 35.5. The van der Waals surface area contributed by atoms with Gasteiger partial charge in [-0.05, 0) is 19.3 Å². The zero-order chi connectivity index (χ0) is 16.7. The number of alkyl halides is 1. The van der Waals surface area contributed by atoms with Gasteiger partial charge in [0.05, 0.1) is 13.1 Å². The van der Waals surface area contributed by atoms with Gasteiger partial charge in [0, 0.05) is 12.3 Å². The third kappa shape index (κ3) is 4.13. The minimum absolute atomic E-state index is 0.0524. The summed E-state index contributed by atoms with van der Waals surface area (Å²) in [5.74, 6) is -0.792. The van der Waals surface area contributed by atoms with Crippen molar-refractivity contribution in [1.82, 2.24) is 4.90 Å². The molecule has 2 N–H and O–H groups in total. The van der Waals surface area contributed by atoms with Crippen LogP contribution in [0.3, 0.4) is 0 Å². The van der Waals surface area contributed by atoms with Crippen LogP contribution in [-0.4, -0.2) is 57.8 Å². The van der Waals surface area contributed by atoms with E-state index in [-0.39, 0.29) is 24.5 Å². The molecule has 0 saturated carbocycles. The lowest BCUT2D eigenvalue weighted by molar-refractivity contribution is -0.436. The Balaban J connectivity index is 3.21. The summed E-state index contributed by atoms with van der Waals surface area (Å²) in [7, 11) is 0. The SMILES string of the molecule is CCCN1C(=O)C(=NC(=O)CCCCl)C(N)=[N+](CCC)C1=O. The first kappa shape index (κ1) is 18.3. The molecule has 1 heterocycles. The van der Waals surface area contributed by atoms with Gasteiger partial charge < -0.3 is 5.73 Å². The molecule has 7 nitrogen and oxygen atoms in total. The lowest BCUT2D eigenvalue weighted by Gasteiger charge is -2.22.